The van der Waals surface area contributed by atoms with E-state index >= 15 is 0 Å². The molecule has 2 unspecified atom stereocenters. The number of benzene rings is 1. The highest BCUT2D eigenvalue weighted by atomic mass is 35.5. The van der Waals surface area contributed by atoms with E-state index in [9.17, 15) is 14.4 Å². The number of anilines is 1. The first-order valence-electron chi connectivity index (χ1n) is 13.1. The molecule has 8 nitrogen and oxygen atoms in total. The number of carbonyl (C=O) groups is 3. The van der Waals surface area contributed by atoms with Crippen LogP contribution in [0.3, 0.4) is 0 Å². The summed E-state index contributed by atoms with van der Waals surface area (Å²) in [6.07, 6.45) is 11.4. The minimum atomic E-state index is -0.243. The van der Waals surface area contributed by atoms with Gasteiger partial charge in [0.15, 0.2) is 0 Å². The second-order valence-electron chi connectivity index (χ2n) is 9.93. The van der Waals surface area contributed by atoms with Crippen LogP contribution in [-0.2, 0) is 14.3 Å². The van der Waals surface area contributed by atoms with Gasteiger partial charge < -0.3 is 20.1 Å². The number of piperidine rings is 2. The standard InChI is InChI=1S/C27H40ClN3O5/c1-18(32)29-24-17-25(35-2)22(16-23(24)28)27(34)30-19-14-20-10-9-11-21(15-19)31(20)13-8-6-4-5-7-12-26(33)36-3/h16-17,19-21H,4-15H2,1-3H3,(H,29,32)(H,30,34). The van der Waals surface area contributed by atoms with Crippen LogP contribution in [0.5, 0.6) is 5.75 Å². The van der Waals surface area contributed by atoms with Crippen LogP contribution in [0.4, 0.5) is 5.69 Å². The Bertz CT molecular complexity index is 911. The van der Waals surface area contributed by atoms with Crippen molar-refractivity contribution in [3.8, 4) is 5.75 Å². The Kier molecular flexibility index (Phi) is 10.9. The molecule has 36 heavy (non-hydrogen) atoms. The molecule has 1 aromatic rings. The number of ether oxygens (including phenoxy) is 2. The number of carbonyl (C=O) groups excluding carboxylic acids is 3. The summed E-state index contributed by atoms with van der Waals surface area (Å²) in [5, 5.41) is 6.18. The van der Waals surface area contributed by atoms with Crippen LogP contribution in [0.25, 0.3) is 0 Å². The number of methoxy groups -OCH3 is 2. The molecule has 2 aliphatic rings. The van der Waals surface area contributed by atoms with Gasteiger partial charge in [-0.2, -0.15) is 0 Å². The van der Waals surface area contributed by atoms with Gasteiger partial charge in [0.25, 0.3) is 5.91 Å². The number of esters is 1. The number of nitrogens with one attached hydrogen (secondary N) is 2. The highest BCUT2D eigenvalue weighted by Crippen LogP contribution is 2.35. The van der Waals surface area contributed by atoms with Gasteiger partial charge in [-0.25, -0.2) is 0 Å². The molecule has 2 aliphatic heterocycles. The molecule has 2 N–H and O–H groups in total. The quantitative estimate of drug-likeness (QED) is 0.299. The first kappa shape index (κ1) is 28.3. The second-order valence-corrected chi connectivity index (χ2v) is 10.3. The molecule has 0 aromatic heterocycles. The Morgan fingerprint density at radius 1 is 1.03 bits per heavy atom. The van der Waals surface area contributed by atoms with Crippen molar-refractivity contribution in [1.29, 1.82) is 0 Å². The summed E-state index contributed by atoms with van der Waals surface area (Å²) < 4.78 is 10.1. The lowest BCUT2D eigenvalue weighted by molar-refractivity contribution is -0.140. The number of nitrogens with zero attached hydrogens (tertiary/aromatic N) is 1. The van der Waals surface area contributed by atoms with Gasteiger partial charge >= 0.3 is 5.97 Å². The molecule has 2 heterocycles. The predicted octanol–water partition coefficient (Wildman–Crippen LogP) is 4.94. The summed E-state index contributed by atoms with van der Waals surface area (Å²) >= 11 is 6.32. The van der Waals surface area contributed by atoms with Crippen molar-refractivity contribution in [1.82, 2.24) is 10.2 Å². The van der Waals surface area contributed by atoms with Crippen molar-refractivity contribution >= 4 is 35.1 Å². The number of halogens is 1. The summed E-state index contributed by atoms with van der Waals surface area (Å²) in [6.45, 7) is 2.50. The van der Waals surface area contributed by atoms with Crippen molar-refractivity contribution in [2.45, 2.75) is 95.7 Å². The molecule has 2 saturated heterocycles. The molecule has 2 atom stereocenters. The van der Waals surface area contributed by atoms with Gasteiger partial charge in [0.05, 0.1) is 30.5 Å². The number of unbranched alkanes of at least 4 members (excludes halogenated alkanes) is 4. The van der Waals surface area contributed by atoms with Gasteiger partial charge in [0.2, 0.25) is 5.91 Å². The molecule has 0 aliphatic carbocycles. The smallest absolute Gasteiger partial charge is 0.305 e. The lowest BCUT2D eigenvalue weighted by Crippen LogP contribution is -2.57. The van der Waals surface area contributed by atoms with Crippen LogP contribution in [0.15, 0.2) is 12.1 Å². The number of amides is 2. The fraction of sp³-hybridized carbons (Fsp3) is 0.667. The maximum absolute atomic E-state index is 13.2. The average molecular weight is 522 g/mol. The molecule has 2 amide bonds. The third-order valence-corrected chi connectivity index (χ3v) is 7.64. The van der Waals surface area contributed by atoms with Crippen molar-refractivity contribution < 1.29 is 23.9 Å². The second kappa shape index (κ2) is 13.8. The summed E-state index contributed by atoms with van der Waals surface area (Å²) in [5.74, 6) is -0.189. The van der Waals surface area contributed by atoms with Crippen molar-refractivity contribution in [3.05, 3.63) is 22.7 Å². The van der Waals surface area contributed by atoms with E-state index in [-0.39, 0.29) is 23.8 Å². The van der Waals surface area contributed by atoms with E-state index in [0.29, 0.717) is 40.5 Å². The minimum absolute atomic E-state index is 0.112. The Morgan fingerprint density at radius 3 is 2.33 bits per heavy atom. The fourth-order valence-corrected chi connectivity index (χ4v) is 5.82. The summed E-state index contributed by atoms with van der Waals surface area (Å²) in [6, 6.07) is 4.25. The highest BCUT2D eigenvalue weighted by Gasteiger charge is 2.38. The fourth-order valence-electron chi connectivity index (χ4n) is 5.61. The Labute approximate surface area is 219 Å². The molecule has 3 rings (SSSR count). The summed E-state index contributed by atoms with van der Waals surface area (Å²) in [7, 11) is 2.94. The van der Waals surface area contributed by atoms with Gasteiger partial charge in [-0.3, -0.25) is 19.3 Å². The SMILES string of the molecule is COC(=O)CCCCCCCN1C2CCCC1CC(NC(=O)c1cc(Cl)c(NC(C)=O)cc1OC)C2. The molecule has 0 spiro atoms. The van der Waals surface area contributed by atoms with Gasteiger partial charge in [0, 0.05) is 37.5 Å². The minimum Gasteiger partial charge on any atom is -0.496 e. The average Bonchev–Trinajstić information content (AvgIpc) is 2.84. The first-order valence-corrected chi connectivity index (χ1v) is 13.5. The lowest BCUT2D eigenvalue weighted by atomic mass is 9.81. The van der Waals surface area contributed by atoms with Gasteiger partial charge in [0.1, 0.15) is 5.75 Å². The summed E-state index contributed by atoms with van der Waals surface area (Å²) in [4.78, 5) is 38.4. The topological polar surface area (TPSA) is 97.0 Å². The van der Waals surface area contributed by atoms with E-state index in [1.165, 1.54) is 53.2 Å². The predicted molar refractivity (Wildman–Crippen MR) is 141 cm³/mol. The van der Waals surface area contributed by atoms with Crippen LogP contribution in [-0.4, -0.2) is 61.6 Å². The van der Waals surface area contributed by atoms with E-state index in [2.05, 4.69) is 15.5 Å². The van der Waals surface area contributed by atoms with E-state index in [0.717, 1.165) is 38.6 Å². The largest absolute Gasteiger partial charge is 0.496 e. The third kappa shape index (κ3) is 7.84. The molecule has 0 radical (unpaired) electrons. The zero-order chi connectivity index (χ0) is 26.1. The van der Waals surface area contributed by atoms with E-state index < -0.39 is 0 Å². The van der Waals surface area contributed by atoms with Gasteiger partial charge in [-0.15, -0.1) is 0 Å². The van der Waals surface area contributed by atoms with Gasteiger partial charge in [-0.1, -0.05) is 37.3 Å². The first-order chi connectivity index (χ1) is 17.3. The van der Waals surface area contributed by atoms with Crippen LogP contribution in [0.1, 0.15) is 87.9 Å². The number of fused-ring (bicyclic) bond motifs is 2. The van der Waals surface area contributed by atoms with Gasteiger partial charge in [-0.05, 0) is 51.1 Å². The molecular formula is C27H40ClN3O5. The number of hydrogen-bond acceptors (Lipinski definition) is 6. The molecule has 9 heteroatoms. The van der Waals surface area contributed by atoms with E-state index in [1.807, 2.05) is 0 Å². The van der Waals surface area contributed by atoms with Crippen molar-refractivity contribution in [2.24, 2.45) is 0 Å². The molecular weight excluding hydrogens is 482 g/mol. The maximum atomic E-state index is 13.2. The summed E-state index contributed by atoms with van der Waals surface area (Å²) in [5.41, 5.74) is 0.792. The molecule has 2 bridgehead atoms. The van der Waals surface area contributed by atoms with E-state index in [4.69, 9.17) is 21.1 Å². The monoisotopic (exact) mass is 521 g/mol. The number of rotatable bonds is 12. The number of hydrogen-bond donors (Lipinski definition) is 2. The molecule has 0 saturated carbocycles. The highest BCUT2D eigenvalue weighted by molar-refractivity contribution is 6.34. The maximum Gasteiger partial charge on any atom is 0.305 e. The van der Waals surface area contributed by atoms with Crippen molar-refractivity contribution in [3.63, 3.8) is 0 Å². The Balaban J connectivity index is 1.50. The third-order valence-electron chi connectivity index (χ3n) is 7.33. The van der Waals surface area contributed by atoms with Crippen LogP contribution >= 0.6 is 11.6 Å². The lowest BCUT2D eigenvalue weighted by Gasteiger charge is -2.49. The van der Waals surface area contributed by atoms with Crippen LogP contribution < -0.4 is 15.4 Å². The molecule has 1 aromatic carbocycles. The normalized spacial score (nSPS) is 21.5. The van der Waals surface area contributed by atoms with E-state index in [1.54, 1.807) is 12.1 Å². The van der Waals surface area contributed by atoms with Crippen molar-refractivity contribution in [2.75, 3.05) is 26.1 Å². The zero-order valence-corrected chi connectivity index (χ0v) is 22.5. The molecule has 200 valence electrons. The molecule has 2 fully saturated rings. The Hall–Kier alpha value is -2.32. The zero-order valence-electron chi connectivity index (χ0n) is 21.7. The Morgan fingerprint density at radius 2 is 1.69 bits per heavy atom. The van der Waals surface area contributed by atoms with Crippen LogP contribution in [0.2, 0.25) is 5.02 Å². The van der Waals surface area contributed by atoms with Crippen LogP contribution in [0, 0.1) is 0 Å².